The van der Waals surface area contributed by atoms with E-state index in [1.807, 2.05) is 12.1 Å². The van der Waals surface area contributed by atoms with Gasteiger partial charge in [-0.15, -0.1) is 11.3 Å². The standard InChI is InChI=1S/C18H23N3OS/c1-18(2,3)15-11-23-17(21-15)10-19-13-7-8-14-12(9-13)5-4-6-16(22)20-14/h7-9,11,19H,4-6,10H2,1-3H3,(H,20,22). The summed E-state index contributed by atoms with van der Waals surface area (Å²) in [6.07, 6.45) is 2.45. The highest BCUT2D eigenvalue weighted by Gasteiger charge is 2.17. The van der Waals surface area contributed by atoms with Crippen LogP contribution >= 0.6 is 11.3 Å². The molecule has 4 nitrogen and oxygen atoms in total. The average Bonchev–Trinajstić information content (AvgIpc) is 2.89. The van der Waals surface area contributed by atoms with E-state index >= 15 is 0 Å². The molecule has 0 saturated heterocycles. The second kappa shape index (κ2) is 6.32. The normalized spacial score (nSPS) is 14.8. The van der Waals surface area contributed by atoms with Gasteiger partial charge in [0, 0.05) is 28.6 Å². The number of hydrogen-bond donors (Lipinski definition) is 2. The van der Waals surface area contributed by atoms with E-state index < -0.39 is 0 Å². The van der Waals surface area contributed by atoms with Crippen LogP contribution in [0, 0.1) is 0 Å². The minimum atomic E-state index is 0.0943. The van der Waals surface area contributed by atoms with Crippen LogP contribution in [0.15, 0.2) is 23.6 Å². The molecule has 122 valence electrons. The number of carbonyl (C=O) groups is 1. The molecule has 5 heteroatoms. The molecular formula is C18H23N3OS. The van der Waals surface area contributed by atoms with E-state index in [4.69, 9.17) is 4.98 Å². The van der Waals surface area contributed by atoms with Crippen molar-refractivity contribution in [3.8, 4) is 0 Å². The van der Waals surface area contributed by atoms with Crippen LogP contribution in [0.5, 0.6) is 0 Å². The number of carbonyl (C=O) groups excluding carboxylic acids is 1. The van der Waals surface area contributed by atoms with Crippen LogP contribution in [0.4, 0.5) is 11.4 Å². The number of benzene rings is 1. The molecule has 1 amide bonds. The van der Waals surface area contributed by atoms with Gasteiger partial charge in [0.15, 0.2) is 0 Å². The fourth-order valence-electron chi connectivity index (χ4n) is 2.60. The van der Waals surface area contributed by atoms with Crippen molar-refractivity contribution in [3.63, 3.8) is 0 Å². The molecule has 23 heavy (non-hydrogen) atoms. The van der Waals surface area contributed by atoms with Crippen LogP contribution in [-0.4, -0.2) is 10.9 Å². The van der Waals surface area contributed by atoms with Crippen molar-refractivity contribution in [2.24, 2.45) is 0 Å². The summed E-state index contributed by atoms with van der Waals surface area (Å²) in [6.45, 7) is 7.27. The van der Waals surface area contributed by atoms with Gasteiger partial charge in [0.05, 0.1) is 12.2 Å². The maximum Gasteiger partial charge on any atom is 0.224 e. The molecule has 0 saturated carbocycles. The Morgan fingerprint density at radius 2 is 2.13 bits per heavy atom. The first-order valence-corrected chi connectivity index (χ1v) is 8.91. The Kier molecular flexibility index (Phi) is 4.39. The highest BCUT2D eigenvalue weighted by Crippen LogP contribution is 2.27. The molecular weight excluding hydrogens is 306 g/mol. The van der Waals surface area contributed by atoms with Gasteiger partial charge in [-0.3, -0.25) is 4.79 Å². The SMILES string of the molecule is CC(C)(C)c1csc(CNc2ccc3c(c2)CCCC(=O)N3)n1. The van der Waals surface area contributed by atoms with Crippen LogP contribution < -0.4 is 10.6 Å². The zero-order valence-electron chi connectivity index (χ0n) is 13.9. The molecule has 3 rings (SSSR count). The summed E-state index contributed by atoms with van der Waals surface area (Å²) in [6, 6.07) is 6.14. The number of aromatic nitrogens is 1. The molecule has 0 spiro atoms. The minimum Gasteiger partial charge on any atom is -0.379 e. The summed E-state index contributed by atoms with van der Waals surface area (Å²) >= 11 is 1.70. The number of nitrogens with zero attached hydrogens (tertiary/aromatic N) is 1. The monoisotopic (exact) mass is 329 g/mol. The molecule has 0 fully saturated rings. The Bertz CT molecular complexity index is 715. The number of thiazole rings is 1. The molecule has 0 aliphatic carbocycles. The molecule has 2 aromatic rings. The number of aryl methyl sites for hydroxylation is 1. The molecule has 0 radical (unpaired) electrons. The van der Waals surface area contributed by atoms with Gasteiger partial charge in [-0.2, -0.15) is 0 Å². The van der Waals surface area contributed by atoms with Crippen LogP contribution in [0.3, 0.4) is 0 Å². The zero-order chi connectivity index (χ0) is 16.4. The molecule has 1 aliphatic heterocycles. The van der Waals surface area contributed by atoms with Crippen molar-refractivity contribution < 1.29 is 4.79 Å². The van der Waals surface area contributed by atoms with Gasteiger partial charge in [0.2, 0.25) is 5.91 Å². The van der Waals surface area contributed by atoms with Crippen LogP contribution in [0.25, 0.3) is 0 Å². The average molecular weight is 329 g/mol. The summed E-state index contributed by atoms with van der Waals surface area (Å²) < 4.78 is 0. The van der Waals surface area contributed by atoms with Crippen LogP contribution in [0.2, 0.25) is 0 Å². The van der Waals surface area contributed by atoms with Crippen molar-refractivity contribution >= 4 is 28.6 Å². The Hall–Kier alpha value is -1.88. The van der Waals surface area contributed by atoms with E-state index in [1.54, 1.807) is 11.3 Å². The van der Waals surface area contributed by atoms with Crippen molar-refractivity contribution in [2.45, 2.75) is 52.0 Å². The quantitative estimate of drug-likeness (QED) is 0.881. The fourth-order valence-corrected chi connectivity index (χ4v) is 3.56. The Labute approximate surface area is 141 Å². The van der Waals surface area contributed by atoms with Gasteiger partial charge in [-0.1, -0.05) is 20.8 Å². The Morgan fingerprint density at radius 1 is 1.30 bits per heavy atom. The van der Waals surface area contributed by atoms with E-state index in [-0.39, 0.29) is 11.3 Å². The van der Waals surface area contributed by atoms with Gasteiger partial charge < -0.3 is 10.6 Å². The van der Waals surface area contributed by atoms with Crippen molar-refractivity contribution in [2.75, 3.05) is 10.6 Å². The third-order valence-electron chi connectivity index (χ3n) is 3.99. The lowest BCUT2D eigenvalue weighted by Crippen LogP contribution is -2.12. The summed E-state index contributed by atoms with van der Waals surface area (Å²) in [7, 11) is 0. The summed E-state index contributed by atoms with van der Waals surface area (Å²) in [5, 5.41) is 9.65. The molecule has 0 atom stereocenters. The van der Waals surface area contributed by atoms with Gasteiger partial charge in [-0.25, -0.2) is 4.98 Å². The predicted octanol–water partition coefficient (Wildman–Crippen LogP) is 4.33. The van der Waals surface area contributed by atoms with Gasteiger partial charge in [0.25, 0.3) is 0 Å². The topological polar surface area (TPSA) is 54.0 Å². The smallest absolute Gasteiger partial charge is 0.224 e. The third-order valence-corrected chi connectivity index (χ3v) is 4.84. The third kappa shape index (κ3) is 3.91. The number of rotatable bonds is 3. The Balaban J connectivity index is 1.68. The van der Waals surface area contributed by atoms with Crippen molar-refractivity contribution in [1.82, 2.24) is 4.98 Å². The van der Waals surface area contributed by atoms with E-state index in [1.165, 1.54) is 5.56 Å². The second-order valence-electron chi connectivity index (χ2n) is 7.00. The molecule has 0 bridgehead atoms. The number of anilines is 2. The first-order chi connectivity index (χ1) is 10.9. The molecule has 0 unspecified atom stereocenters. The lowest BCUT2D eigenvalue weighted by molar-refractivity contribution is -0.116. The summed E-state index contributed by atoms with van der Waals surface area (Å²) in [4.78, 5) is 16.3. The zero-order valence-corrected chi connectivity index (χ0v) is 14.7. The highest BCUT2D eigenvalue weighted by molar-refractivity contribution is 7.09. The van der Waals surface area contributed by atoms with E-state index in [0.717, 1.165) is 41.5 Å². The number of fused-ring (bicyclic) bond motifs is 1. The molecule has 1 aliphatic rings. The lowest BCUT2D eigenvalue weighted by atomic mass is 9.93. The van der Waals surface area contributed by atoms with Gasteiger partial charge >= 0.3 is 0 Å². The van der Waals surface area contributed by atoms with Gasteiger partial charge in [-0.05, 0) is 36.6 Å². The van der Waals surface area contributed by atoms with E-state index in [0.29, 0.717) is 6.42 Å². The first kappa shape index (κ1) is 16.0. The minimum absolute atomic E-state index is 0.0943. The first-order valence-electron chi connectivity index (χ1n) is 8.03. The number of hydrogen-bond acceptors (Lipinski definition) is 4. The molecule has 1 aromatic heterocycles. The maximum absolute atomic E-state index is 11.6. The lowest BCUT2D eigenvalue weighted by Gasteiger charge is -2.14. The van der Waals surface area contributed by atoms with E-state index in [9.17, 15) is 4.79 Å². The largest absolute Gasteiger partial charge is 0.379 e. The highest BCUT2D eigenvalue weighted by atomic mass is 32.1. The maximum atomic E-state index is 11.6. The number of nitrogens with one attached hydrogen (secondary N) is 2. The Morgan fingerprint density at radius 3 is 2.87 bits per heavy atom. The fraction of sp³-hybridized carbons (Fsp3) is 0.444. The number of amides is 1. The van der Waals surface area contributed by atoms with Crippen LogP contribution in [-0.2, 0) is 23.2 Å². The predicted molar refractivity (Wildman–Crippen MR) is 96.2 cm³/mol. The summed E-state index contributed by atoms with van der Waals surface area (Å²) in [5.41, 5.74) is 4.46. The summed E-state index contributed by atoms with van der Waals surface area (Å²) in [5.74, 6) is 0.113. The van der Waals surface area contributed by atoms with Crippen molar-refractivity contribution in [3.05, 3.63) is 39.8 Å². The van der Waals surface area contributed by atoms with Gasteiger partial charge in [0.1, 0.15) is 5.01 Å². The van der Waals surface area contributed by atoms with Crippen LogP contribution in [0.1, 0.15) is 49.9 Å². The van der Waals surface area contributed by atoms with Crippen molar-refractivity contribution in [1.29, 1.82) is 0 Å². The molecule has 2 N–H and O–H groups in total. The van der Waals surface area contributed by atoms with E-state index in [2.05, 4.69) is 42.9 Å². The second-order valence-corrected chi connectivity index (χ2v) is 7.95. The molecule has 1 aromatic carbocycles. The molecule has 2 heterocycles.